The number of aromatic hydroxyl groups is 1. The highest BCUT2D eigenvalue weighted by molar-refractivity contribution is 5.90. The number of phenolic OH excluding ortho intramolecular Hbond substituents is 1. The van der Waals surface area contributed by atoms with E-state index in [1.807, 2.05) is 0 Å². The van der Waals surface area contributed by atoms with Gasteiger partial charge in [0.15, 0.2) is 0 Å². The molecular weight excluding hydrogens is 420 g/mol. The molecule has 5 atom stereocenters. The molecule has 3 aromatic rings. The van der Waals surface area contributed by atoms with Crippen LogP contribution in [0.2, 0.25) is 0 Å². The minimum absolute atomic E-state index is 0.0236. The molecule has 0 saturated carbocycles. The molecule has 1 aliphatic rings. The third-order valence-electron chi connectivity index (χ3n) is 5.80. The molecule has 0 spiro atoms. The first kappa shape index (κ1) is 22.1. The van der Waals surface area contributed by atoms with E-state index in [-0.39, 0.29) is 27.8 Å². The Morgan fingerprint density at radius 3 is 2.28 bits per heavy atom. The Hall–Kier alpha value is -3.11. The third kappa shape index (κ3) is 3.49. The van der Waals surface area contributed by atoms with Crippen LogP contribution in [0.4, 0.5) is 0 Å². The normalized spacial score (nSPS) is 25.6. The van der Waals surface area contributed by atoms with Crippen LogP contribution in [0.15, 0.2) is 45.8 Å². The maximum absolute atomic E-state index is 13.3. The molecule has 2 aromatic carbocycles. The molecule has 9 nitrogen and oxygen atoms in total. The first-order chi connectivity index (χ1) is 15.3. The highest BCUT2D eigenvalue weighted by atomic mass is 16.5. The van der Waals surface area contributed by atoms with Gasteiger partial charge in [0.25, 0.3) is 0 Å². The Kier molecular flexibility index (Phi) is 5.83. The van der Waals surface area contributed by atoms with E-state index >= 15 is 0 Å². The van der Waals surface area contributed by atoms with Gasteiger partial charge in [0.1, 0.15) is 58.9 Å². The third-order valence-corrected chi connectivity index (χ3v) is 5.80. The molecule has 32 heavy (non-hydrogen) atoms. The van der Waals surface area contributed by atoms with E-state index < -0.39 is 41.7 Å². The molecule has 1 fully saturated rings. The van der Waals surface area contributed by atoms with E-state index in [9.17, 15) is 25.2 Å². The molecule has 0 radical (unpaired) electrons. The Bertz CT molecular complexity index is 1180. The number of fused-ring (bicyclic) bond motifs is 1. The van der Waals surface area contributed by atoms with Crippen LogP contribution in [0.1, 0.15) is 18.6 Å². The zero-order chi connectivity index (χ0) is 23.2. The minimum Gasteiger partial charge on any atom is -0.506 e. The van der Waals surface area contributed by atoms with E-state index in [1.54, 1.807) is 24.3 Å². The minimum atomic E-state index is -1.57. The van der Waals surface area contributed by atoms with Crippen molar-refractivity contribution in [1.29, 1.82) is 0 Å². The Labute approximate surface area is 183 Å². The molecule has 1 aromatic heterocycles. The van der Waals surface area contributed by atoms with Gasteiger partial charge in [0.2, 0.25) is 5.43 Å². The summed E-state index contributed by atoms with van der Waals surface area (Å²) >= 11 is 0. The fourth-order valence-corrected chi connectivity index (χ4v) is 3.96. The first-order valence-corrected chi connectivity index (χ1v) is 9.98. The van der Waals surface area contributed by atoms with Crippen molar-refractivity contribution in [2.75, 3.05) is 14.2 Å². The zero-order valence-electron chi connectivity index (χ0n) is 17.7. The summed E-state index contributed by atoms with van der Waals surface area (Å²) in [4.78, 5) is 13.3. The summed E-state index contributed by atoms with van der Waals surface area (Å²) in [6.45, 7) is 1.52. The molecule has 4 N–H and O–H groups in total. The fraction of sp³-hybridized carbons (Fsp3) is 0.348. The second-order valence-corrected chi connectivity index (χ2v) is 7.65. The molecule has 0 unspecified atom stereocenters. The van der Waals surface area contributed by atoms with Crippen LogP contribution in [-0.4, -0.2) is 59.1 Å². The molecule has 4 rings (SSSR count). The standard InChI is InChI=1S/C23H24O9/c1-10-18(24)21(27)22(28)23(32-10)17-14(30-3)8-15-16(20(17)26)19(25)13(9-31-15)11-4-6-12(29-2)7-5-11/h4-10,18,21-24,26-28H,1-3H3/t10-,18-,21+,22-,23+/m1/s1. The molecule has 0 amide bonds. The quantitative estimate of drug-likeness (QED) is 0.474. The Balaban J connectivity index is 1.91. The van der Waals surface area contributed by atoms with Crippen molar-refractivity contribution >= 4 is 11.0 Å². The number of hydrogen-bond donors (Lipinski definition) is 4. The molecule has 1 saturated heterocycles. The van der Waals surface area contributed by atoms with Crippen LogP contribution in [0, 0.1) is 0 Å². The first-order valence-electron chi connectivity index (χ1n) is 9.98. The monoisotopic (exact) mass is 444 g/mol. The van der Waals surface area contributed by atoms with Crippen molar-refractivity contribution in [3.8, 4) is 28.4 Å². The smallest absolute Gasteiger partial charge is 0.204 e. The summed E-state index contributed by atoms with van der Waals surface area (Å²) in [5.74, 6) is 0.214. The van der Waals surface area contributed by atoms with Gasteiger partial charge in [-0.15, -0.1) is 0 Å². The van der Waals surface area contributed by atoms with Crippen LogP contribution >= 0.6 is 0 Å². The summed E-state index contributed by atoms with van der Waals surface area (Å²) in [6.07, 6.45) is -5.23. The Morgan fingerprint density at radius 1 is 0.969 bits per heavy atom. The summed E-state index contributed by atoms with van der Waals surface area (Å²) in [6, 6.07) is 8.16. The molecule has 1 aliphatic heterocycles. The van der Waals surface area contributed by atoms with Crippen LogP contribution in [0.5, 0.6) is 17.2 Å². The van der Waals surface area contributed by atoms with Gasteiger partial charge in [-0.2, -0.15) is 0 Å². The number of methoxy groups -OCH3 is 2. The predicted molar refractivity (Wildman–Crippen MR) is 114 cm³/mol. The number of phenols is 1. The second-order valence-electron chi connectivity index (χ2n) is 7.65. The fourth-order valence-electron chi connectivity index (χ4n) is 3.96. The zero-order valence-corrected chi connectivity index (χ0v) is 17.7. The number of rotatable bonds is 4. The molecule has 170 valence electrons. The lowest BCUT2D eigenvalue weighted by Crippen LogP contribution is -2.53. The van der Waals surface area contributed by atoms with Crippen LogP contribution in [0.25, 0.3) is 22.1 Å². The highest BCUT2D eigenvalue weighted by Crippen LogP contribution is 2.44. The molecule has 2 heterocycles. The largest absolute Gasteiger partial charge is 0.506 e. The average Bonchev–Trinajstić information content (AvgIpc) is 2.80. The van der Waals surface area contributed by atoms with Crippen LogP contribution in [-0.2, 0) is 4.74 Å². The van der Waals surface area contributed by atoms with Gasteiger partial charge in [0, 0.05) is 6.07 Å². The topological polar surface area (TPSA) is 139 Å². The SMILES string of the molecule is COc1ccc(-c2coc3cc(OC)c([C@@H]4O[C@H](C)[C@@H](O)[C@H](O)[C@H]4O)c(O)c3c2=O)cc1. The van der Waals surface area contributed by atoms with E-state index in [1.165, 1.54) is 33.5 Å². The number of benzene rings is 2. The lowest BCUT2D eigenvalue weighted by Gasteiger charge is -2.40. The van der Waals surface area contributed by atoms with Crippen molar-refractivity contribution in [1.82, 2.24) is 0 Å². The van der Waals surface area contributed by atoms with Crippen molar-refractivity contribution in [3.05, 3.63) is 52.4 Å². The van der Waals surface area contributed by atoms with Gasteiger partial charge >= 0.3 is 0 Å². The average molecular weight is 444 g/mol. The van der Waals surface area contributed by atoms with E-state index in [0.717, 1.165) is 0 Å². The van der Waals surface area contributed by atoms with E-state index in [0.29, 0.717) is 11.3 Å². The maximum atomic E-state index is 13.3. The molecule has 0 aliphatic carbocycles. The molecule has 9 heteroatoms. The van der Waals surface area contributed by atoms with Crippen molar-refractivity contribution in [3.63, 3.8) is 0 Å². The highest BCUT2D eigenvalue weighted by Gasteiger charge is 2.44. The van der Waals surface area contributed by atoms with E-state index in [2.05, 4.69) is 0 Å². The number of ether oxygens (including phenoxy) is 3. The van der Waals surface area contributed by atoms with Crippen molar-refractivity contribution < 1.29 is 39.1 Å². The van der Waals surface area contributed by atoms with Gasteiger partial charge in [-0.05, 0) is 24.6 Å². The summed E-state index contributed by atoms with van der Waals surface area (Å²) in [5.41, 5.74) is 0.311. The molecular formula is C23H24O9. The lowest BCUT2D eigenvalue weighted by molar-refractivity contribution is -0.220. The maximum Gasteiger partial charge on any atom is 0.204 e. The van der Waals surface area contributed by atoms with Gasteiger partial charge in [-0.25, -0.2) is 0 Å². The van der Waals surface area contributed by atoms with Crippen molar-refractivity contribution in [2.45, 2.75) is 37.4 Å². The van der Waals surface area contributed by atoms with E-state index in [4.69, 9.17) is 18.6 Å². The predicted octanol–water partition coefficient (Wildman–Crippen LogP) is 1.73. The number of aliphatic hydroxyl groups excluding tert-OH is 3. The van der Waals surface area contributed by atoms with Crippen LogP contribution in [0.3, 0.4) is 0 Å². The van der Waals surface area contributed by atoms with Crippen LogP contribution < -0.4 is 14.9 Å². The summed E-state index contributed by atoms with van der Waals surface area (Å²) < 4.78 is 21.8. The Morgan fingerprint density at radius 2 is 1.66 bits per heavy atom. The van der Waals surface area contributed by atoms with Gasteiger partial charge in [-0.3, -0.25) is 4.79 Å². The van der Waals surface area contributed by atoms with Crippen molar-refractivity contribution in [2.24, 2.45) is 0 Å². The second kappa shape index (κ2) is 8.44. The lowest BCUT2D eigenvalue weighted by atomic mass is 9.89. The number of hydrogen-bond acceptors (Lipinski definition) is 9. The summed E-state index contributed by atoms with van der Waals surface area (Å²) in [5, 5.41) is 41.7. The van der Waals surface area contributed by atoms with Gasteiger partial charge in [-0.1, -0.05) is 12.1 Å². The van der Waals surface area contributed by atoms with Gasteiger partial charge in [0.05, 0.1) is 31.5 Å². The number of aliphatic hydroxyl groups is 3. The van der Waals surface area contributed by atoms with Gasteiger partial charge < -0.3 is 39.1 Å². The molecule has 0 bridgehead atoms. The summed E-state index contributed by atoms with van der Waals surface area (Å²) in [7, 11) is 2.88.